The van der Waals surface area contributed by atoms with Crippen molar-refractivity contribution in [3.05, 3.63) is 57.1 Å². The quantitative estimate of drug-likeness (QED) is 0.473. The molecule has 0 nitrogen and oxygen atoms in total. The fraction of sp³-hybridized carbons (Fsp3) is 0.412. The maximum Gasteiger partial charge on any atom is 0 e. The molecule has 2 aromatic carbocycles. The van der Waals surface area contributed by atoms with Gasteiger partial charge >= 0.3 is 0 Å². The van der Waals surface area contributed by atoms with Crippen LogP contribution in [0.1, 0.15) is 38.9 Å². The van der Waals surface area contributed by atoms with Gasteiger partial charge in [-0.15, -0.1) is 0 Å². The number of hydrogen-bond acceptors (Lipinski definition) is 0. The molecule has 0 unspecified atom stereocenters. The topological polar surface area (TPSA) is 0 Å². The zero-order valence-electron chi connectivity index (χ0n) is 12.6. The third-order valence-corrected chi connectivity index (χ3v) is 3.88. The molecule has 0 atom stereocenters. The first-order valence-electron chi connectivity index (χ1n) is 6.24. The zero-order chi connectivity index (χ0) is 13.2. The van der Waals surface area contributed by atoms with Gasteiger partial charge < -0.3 is 27.8 Å². The molecule has 0 amide bonds. The van der Waals surface area contributed by atoms with Gasteiger partial charge in [0.25, 0.3) is 0 Å². The van der Waals surface area contributed by atoms with E-state index in [1.165, 1.54) is 38.9 Å². The van der Waals surface area contributed by atoms with E-state index < -0.39 is 0 Å². The van der Waals surface area contributed by atoms with Crippen molar-refractivity contribution in [3.8, 4) is 0 Å². The Morgan fingerprint density at radius 3 is 1.17 bits per heavy atom. The van der Waals surface area contributed by atoms with Crippen molar-refractivity contribution in [2.45, 2.75) is 48.5 Å². The summed E-state index contributed by atoms with van der Waals surface area (Å²) in [5.41, 5.74) is 10.1. The molecular weight excluding hydrogens is 260 g/mol. The van der Waals surface area contributed by atoms with E-state index in [0.29, 0.717) is 0 Å². The molecule has 0 aliphatic carbocycles. The third kappa shape index (κ3) is 3.86. The van der Waals surface area contributed by atoms with Crippen molar-refractivity contribution in [1.29, 1.82) is 0 Å². The van der Waals surface area contributed by atoms with E-state index in [9.17, 15) is 0 Å². The second kappa shape index (κ2) is 6.97. The van der Waals surface area contributed by atoms with Crippen LogP contribution in [0.4, 0.5) is 0 Å². The minimum Gasteiger partial charge on any atom is -0.731 e. The molecule has 2 aromatic rings. The Morgan fingerprint density at radius 2 is 1.06 bits per heavy atom. The zero-order valence-corrected chi connectivity index (χ0v) is 13.7. The van der Waals surface area contributed by atoms with Gasteiger partial charge in [-0.1, -0.05) is 13.8 Å². The molecule has 0 spiro atoms. The van der Waals surface area contributed by atoms with E-state index in [1.54, 1.807) is 0 Å². The Labute approximate surface area is 123 Å². The fourth-order valence-corrected chi connectivity index (χ4v) is 2.12. The average molecular weight is 284 g/mol. The molecule has 0 saturated heterocycles. The maximum absolute atomic E-state index is 2.20. The Kier molecular flexibility index (Phi) is 6.67. The molecule has 0 aliphatic rings. The minimum atomic E-state index is 0. The Bertz CT molecular complexity index is 401. The van der Waals surface area contributed by atoms with Gasteiger partial charge in [0, 0.05) is 17.1 Å². The van der Waals surface area contributed by atoms with E-state index in [1.807, 2.05) is 0 Å². The second-order valence-electron chi connectivity index (χ2n) is 5.09. The molecule has 0 saturated carbocycles. The predicted octanol–water partition coefficient (Wildman–Crippen LogP) is 4.97. The molecule has 0 radical (unpaired) electrons. The summed E-state index contributed by atoms with van der Waals surface area (Å²) in [6.07, 6.45) is 0. The van der Waals surface area contributed by atoms with Crippen molar-refractivity contribution in [2.24, 2.45) is 0 Å². The second-order valence-corrected chi connectivity index (χ2v) is 5.09. The van der Waals surface area contributed by atoms with Crippen LogP contribution in [0.3, 0.4) is 0 Å². The SMILES string of the molecule is C[c-]1[c-](C)[c-](C)[c-](C)[c-]1C.Cc1cc[c-](C)c1.[Fe]. The van der Waals surface area contributed by atoms with Gasteiger partial charge in [0.2, 0.25) is 0 Å². The summed E-state index contributed by atoms with van der Waals surface area (Å²) in [7, 11) is 0. The summed E-state index contributed by atoms with van der Waals surface area (Å²) < 4.78 is 0. The monoisotopic (exact) mass is 284 g/mol. The van der Waals surface area contributed by atoms with Crippen LogP contribution in [0, 0.1) is 48.5 Å². The van der Waals surface area contributed by atoms with E-state index >= 15 is 0 Å². The first-order chi connectivity index (χ1) is 7.84. The van der Waals surface area contributed by atoms with Crippen LogP contribution < -0.4 is 0 Å². The Morgan fingerprint density at radius 1 is 0.722 bits per heavy atom. The molecule has 0 N–H and O–H groups in total. The van der Waals surface area contributed by atoms with E-state index in [0.717, 1.165) is 0 Å². The van der Waals surface area contributed by atoms with Crippen molar-refractivity contribution in [2.75, 3.05) is 0 Å². The summed E-state index contributed by atoms with van der Waals surface area (Å²) in [4.78, 5) is 0. The predicted molar refractivity (Wildman–Crippen MR) is 77.2 cm³/mol. The van der Waals surface area contributed by atoms with Gasteiger partial charge in [-0.05, 0) is 0 Å². The Hall–Kier alpha value is -0.781. The molecule has 0 aromatic heterocycles. The fourth-order valence-electron chi connectivity index (χ4n) is 2.12. The summed E-state index contributed by atoms with van der Waals surface area (Å²) in [6, 6.07) is 6.41. The van der Waals surface area contributed by atoms with Gasteiger partial charge in [0.15, 0.2) is 0 Å². The van der Waals surface area contributed by atoms with Gasteiger partial charge in [0.1, 0.15) is 0 Å². The van der Waals surface area contributed by atoms with Gasteiger partial charge in [-0.3, -0.25) is 0 Å². The van der Waals surface area contributed by atoms with Crippen molar-refractivity contribution in [3.63, 3.8) is 0 Å². The average Bonchev–Trinajstić information content (AvgIpc) is 2.74. The molecule has 0 fully saturated rings. The molecule has 0 bridgehead atoms. The first-order valence-corrected chi connectivity index (χ1v) is 6.24. The number of rotatable bonds is 0. The molecule has 106 valence electrons. The molecule has 18 heavy (non-hydrogen) atoms. The van der Waals surface area contributed by atoms with Crippen LogP contribution in [-0.2, 0) is 17.1 Å². The van der Waals surface area contributed by atoms with Crippen LogP contribution in [0.2, 0.25) is 0 Å². The van der Waals surface area contributed by atoms with Crippen LogP contribution >= 0.6 is 0 Å². The number of aryl methyl sites for hydroxylation is 2. The van der Waals surface area contributed by atoms with Crippen LogP contribution in [-0.4, -0.2) is 0 Å². The molecular formula is C17H24Fe-6. The van der Waals surface area contributed by atoms with Crippen molar-refractivity contribution >= 4 is 0 Å². The third-order valence-electron chi connectivity index (χ3n) is 3.88. The summed E-state index contributed by atoms with van der Waals surface area (Å²) >= 11 is 0. The van der Waals surface area contributed by atoms with Gasteiger partial charge in [-0.2, -0.15) is 17.7 Å². The molecule has 0 aliphatic heterocycles. The Balaban J connectivity index is 0.000000321. The molecule has 0 heterocycles. The molecule has 2 rings (SSSR count). The smallest absolute Gasteiger partial charge is 0 e. The van der Waals surface area contributed by atoms with Crippen molar-refractivity contribution in [1.82, 2.24) is 0 Å². The maximum atomic E-state index is 2.20. The van der Waals surface area contributed by atoms with Crippen LogP contribution in [0.15, 0.2) is 18.2 Å². The van der Waals surface area contributed by atoms with E-state index in [4.69, 9.17) is 0 Å². The standard InChI is InChI=1S/C10H15.C7H9.Fe/c1-6-7(2)9(4)10(5)8(6)3;1-6-3-4-7(2)5-6;/h1-5H3;3-5H,1-2H3;/q-5;-1;. The molecule has 1 heteroatoms. The minimum absolute atomic E-state index is 0. The van der Waals surface area contributed by atoms with Gasteiger partial charge in [-0.25, -0.2) is 46.2 Å². The van der Waals surface area contributed by atoms with Crippen molar-refractivity contribution < 1.29 is 17.1 Å². The number of hydrogen-bond donors (Lipinski definition) is 0. The normalized spacial score (nSPS) is 9.50. The largest absolute Gasteiger partial charge is 0.731 e. The summed E-state index contributed by atoms with van der Waals surface area (Å²) in [5.74, 6) is 0. The summed E-state index contributed by atoms with van der Waals surface area (Å²) in [5, 5.41) is 0. The van der Waals surface area contributed by atoms with E-state index in [2.05, 4.69) is 66.7 Å². The van der Waals surface area contributed by atoms with Gasteiger partial charge in [0.05, 0.1) is 0 Å². The first kappa shape index (κ1) is 17.2. The van der Waals surface area contributed by atoms with Crippen LogP contribution in [0.5, 0.6) is 0 Å². The van der Waals surface area contributed by atoms with Crippen LogP contribution in [0.25, 0.3) is 0 Å². The van der Waals surface area contributed by atoms with E-state index in [-0.39, 0.29) is 17.1 Å². The summed E-state index contributed by atoms with van der Waals surface area (Å²) in [6.45, 7) is 15.2.